The van der Waals surface area contributed by atoms with Crippen molar-refractivity contribution >= 4 is 23.4 Å². The molecule has 4 nitrogen and oxygen atoms in total. The number of halogens is 1. The molecule has 0 aliphatic carbocycles. The van der Waals surface area contributed by atoms with Crippen molar-refractivity contribution in [2.45, 2.75) is 18.9 Å². The van der Waals surface area contributed by atoms with Crippen LogP contribution in [0.25, 0.3) is 0 Å². The third-order valence-electron chi connectivity index (χ3n) is 2.72. The summed E-state index contributed by atoms with van der Waals surface area (Å²) >= 11 is 5.93. The van der Waals surface area contributed by atoms with Crippen molar-refractivity contribution in [3.05, 3.63) is 34.9 Å². The molecule has 1 aromatic rings. The fourth-order valence-electron chi connectivity index (χ4n) is 1.76. The summed E-state index contributed by atoms with van der Waals surface area (Å²) in [6.07, 6.45) is 1.12. The molecule has 0 aromatic heterocycles. The van der Waals surface area contributed by atoms with Crippen LogP contribution in [0.4, 0.5) is 0 Å². The molecule has 1 aliphatic rings. The van der Waals surface area contributed by atoms with Crippen LogP contribution in [-0.4, -0.2) is 24.4 Å². The first-order valence-corrected chi connectivity index (χ1v) is 5.86. The summed E-state index contributed by atoms with van der Waals surface area (Å²) < 4.78 is 0. The normalized spacial score (nSPS) is 19.6. The van der Waals surface area contributed by atoms with Crippen molar-refractivity contribution < 1.29 is 9.59 Å². The summed E-state index contributed by atoms with van der Waals surface area (Å²) in [7, 11) is 0. The average Bonchev–Trinajstić information content (AvgIpc) is 2.32. The lowest BCUT2D eigenvalue weighted by Gasteiger charge is -2.23. The minimum Gasteiger partial charge on any atom is -0.354 e. The lowest BCUT2D eigenvalue weighted by atomic mass is 10.1. The van der Waals surface area contributed by atoms with Gasteiger partial charge in [-0.1, -0.05) is 23.7 Å². The highest BCUT2D eigenvalue weighted by Gasteiger charge is 2.20. The first kappa shape index (κ1) is 11.9. The summed E-state index contributed by atoms with van der Waals surface area (Å²) in [5.74, 6) is -0.162. The molecule has 0 spiro atoms. The highest BCUT2D eigenvalue weighted by atomic mass is 35.5. The molecule has 1 atom stereocenters. The van der Waals surface area contributed by atoms with Gasteiger partial charge < -0.3 is 10.6 Å². The summed E-state index contributed by atoms with van der Waals surface area (Å²) in [5.41, 5.74) is 0.464. The molecule has 2 N–H and O–H groups in total. The lowest BCUT2D eigenvalue weighted by molar-refractivity contribution is -0.122. The van der Waals surface area contributed by atoms with Crippen LogP contribution in [0.2, 0.25) is 5.02 Å². The van der Waals surface area contributed by atoms with E-state index in [2.05, 4.69) is 10.6 Å². The monoisotopic (exact) mass is 252 g/mol. The number of carbonyl (C=O) groups is 2. The number of benzene rings is 1. The second kappa shape index (κ2) is 5.19. The fourth-order valence-corrected chi connectivity index (χ4v) is 1.99. The molecule has 1 aromatic carbocycles. The van der Waals surface area contributed by atoms with Crippen LogP contribution in [0.15, 0.2) is 24.3 Å². The van der Waals surface area contributed by atoms with Gasteiger partial charge >= 0.3 is 0 Å². The van der Waals surface area contributed by atoms with Crippen LogP contribution >= 0.6 is 11.6 Å². The Morgan fingerprint density at radius 1 is 1.41 bits per heavy atom. The standard InChI is InChI=1S/C12H13ClN2O2/c13-10-4-2-1-3-9(10)12(17)15-8-5-6-11(16)14-7-8/h1-4,8H,5-7H2,(H,14,16)(H,15,17). The first-order valence-electron chi connectivity index (χ1n) is 5.49. The maximum Gasteiger partial charge on any atom is 0.253 e. The van der Waals surface area contributed by atoms with Gasteiger partial charge in [-0.25, -0.2) is 0 Å². The Balaban J connectivity index is 1.98. The van der Waals surface area contributed by atoms with E-state index in [4.69, 9.17) is 11.6 Å². The Morgan fingerprint density at radius 2 is 2.18 bits per heavy atom. The summed E-state index contributed by atoms with van der Waals surface area (Å²) in [4.78, 5) is 22.9. The number of rotatable bonds is 2. The van der Waals surface area contributed by atoms with Gasteiger partial charge in [0, 0.05) is 19.0 Å². The Labute approximate surface area is 104 Å². The zero-order chi connectivity index (χ0) is 12.3. The van der Waals surface area contributed by atoms with Crippen molar-refractivity contribution in [1.29, 1.82) is 0 Å². The third-order valence-corrected chi connectivity index (χ3v) is 3.05. The van der Waals surface area contributed by atoms with Crippen molar-refractivity contribution in [2.24, 2.45) is 0 Å². The van der Waals surface area contributed by atoms with E-state index in [1.807, 2.05) is 0 Å². The van der Waals surface area contributed by atoms with E-state index in [0.717, 1.165) is 0 Å². The smallest absolute Gasteiger partial charge is 0.253 e. The van der Waals surface area contributed by atoms with E-state index in [1.165, 1.54) is 0 Å². The van der Waals surface area contributed by atoms with Gasteiger partial charge in [-0.3, -0.25) is 9.59 Å². The second-order valence-electron chi connectivity index (χ2n) is 3.99. The molecule has 2 rings (SSSR count). The van der Waals surface area contributed by atoms with Crippen LogP contribution < -0.4 is 10.6 Å². The second-order valence-corrected chi connectivity index (χ2v) is 4.40. The molecule has 0 bridgehead atoms. The van der Waals surface area contributed by atoms with E-state index < -0.39 is 0 Å². The molecule has 5 heteroatoms. The van der Waals surface area contributed by atoms with Crippen molar-refractivity contribution in [3.63, 3.8) is 0 Å². The molecule has 1 fully saturated rings. The van der Waals surface area contributed by atoms with Gasteiger partial charge in [-0.15, -0.1) is 0 Å². The zero-order valence-electron chi connectivity index (χ0n) is 9.20. The minimum absolute atomic E-state index is 0.0172. The molecule has 17 heavy (non-hydrogen) atoms. The Kier molecular flexibility index (Phi) is 3.64. The van der Waals surface area contributed by atoms with Crippen LogP contribution in [-0.2, 0) is 4.79 Å². The van der Waals surface area contributed by atoms with Crippen LogP contribution in [0.1, 0.15) is 23.2 Å². The van der Waals surface area contributed by atoms with Gasteiger partial charge in [-0.2, -0.15) is 0 Å². The molecule has 90 valence electrons. The molecule has 0 saturated carbocycles. The summed E-state index contributed by atoms with van der Waals surface area (Å²) in [6.45, 7) is 0.481. The van der Waals surface area contributed by atoms with E-state index in [-0.39, 0.29) is 17.9 Å². The van der Waals surface area contributed by atoms with Crippen LogP contribution in [0.5, 0.6) is 0 Å². The number of amides is 2. The molecule has 0 radical (unpaired) electrons. The van der Waals surface area contributed by atoms with Gasteiger partial charge in [0.2, 0.25) is 5.91 Å². The average molecular weight is 253 g/mol. The Bertz CT molecular complexity index is 438. The maximum atomic E-state index is 11.9. The van der Waals surface area contributed by atoms with E-state index in [1.54, 1.807) is 24.3 Å². The number of nitrogens with one attached hydrogen (secondary N) is 2. The highest BCUT2D eigenvalue weighted by molar-refractivity contribution is 6.33. The van der Waals surface area contributed by atoms with Crippen molar-refractivity contribution in [2.75, 3.05) is 6.54 Å². The van der Waals surface area contributed by atoms with Crippen LogP contribution in [0.3, 0.4) is 0 Å². The van der Waals surface area contributed by atoms with Gasteiger partial charge in [0.1, 0.15) is 0 Å². The molecule has 1 saturated heterocycles. The van der Waals surface area contributed by atoms with Gasteiger partial charge in [-0.05, 0) is 18.6 Å². The van der Waals surface area contributed by atoms with E-state index in [9.17, 15) is 9.59 Å². The summed E-state index contributed by atoms with van der Waals surface area (Å²) in [6, 6.07) is 6.89. The fraction of sp³-hybridized carbons (Fsp3) is 0.333. The lowest BCUT2D eigenvalue weighted by Crippen LogP contribution is -2.47. The first-order chi connectivity index (χ1) is 8.16. The third kappa shape index (κ3) is 2.97. The largest absolute Gasteiger partial charge is 0.354 e. The predicted octanol–water partition coefficient (Wildman–Crippen LogP) is 1.35. The molecule has 1 aliphatic heterocycles. The van der Waals surface area contributed by atoms with E-state index >= 15 is 0 Å². The minimum atomic E-state index is -0.197. The summed E-state index contributed by atoms with van der Waals surface area (Å²) in [5, 5.41) is 6.01. The van der Waals surface area contributed by atoms with Gasteiger partial charge in [0.05, 0.1) is 10.6 Å². The number of hydrogen-bond donors (Lipinski definition) is 2. The maximum absolute atomic E-state index is 11.9. The Hall–Kier alpha value is -1.55. The van der Waals surface area contributed by atoms with Gasteiger partial charge in [0.25, 0.3) is 5.91 Å². The van der Waals surface area contributed by atoms with Crippen molar-refractivity contribution in [1.82, 2.24) is 10.6 Å². The number of piperidine rings is 1. The topological polar surface area (TPSA) is 58.2 Å². The van der Waals surface area contributed by atoms with E-state index in [0.29, 0.717) is 30.0 Å². The molecular weight excluding hydrogens is 240 g/mol. The van der Waals surface area contributed by atoms with Crippen molar-refractivity contribution in [3.8, 4) is 0 Å². The number of hydrogen-bond acceptors (Lipinski definition) is 2. The molecule has 2 amide bonds. The number of carbonyl (C=O) groups excluding carboxylic acids is 2. The molecule has 1 heterocycles. The quantitative estimate of drug-likeness (QED) is 0.835. The highest BCUT2D eigenvalue weighted by Crippen LogP contribution is 2.15. The zero-order valence-corrected chi connectivity index (χ0v) is 9.96. The molecular formula is C12H13ClN2O2. The SMILES string of the molecule is O=C1CCC(NC(=O)c2ccccc2Cl)CN1. The predicted molar refractivity (Wildman–Crippen MR) is 64.9 cm³/mol. The van der Waals surface area contributed by atoms with Crippen LogP contribution in [0, 0.1) is 0 Å². The van der Waals surface area contributed by atoms with Gasteiger partial charge in [0.15, 0.2) is 0 Å². The Morgan fingerprint density at radius 3 is 2.82 bits per heavy atom. The molecule has 1 unspecified atom stereocenters.